The fourth-order valence-electron chi connectivity index (χ4n) is 4.33. The fraction of sp³-hybridized carbons (Fsp3) is 0.310. The number of benzene rings is 3. The Morgan fingerprint density at radius 1 is 0.912 bits per heavy atom. The number of aryl methyl sites for hydroxylation is 5. The van der Waals surface area contributed by atoms with Gasteiger partial charge in [0.05, 0.1) is 17.6 Å². The summed E-state index contributed by atoms with van der Waals surface area (Å²) in [7, 11) is 0. The first-order chi connectivity index (χ1) is 16.5. The Bertz CT molecular complexity index is 1260. The molecule has 0 saturated carbocycles. The van der Waals surface area contributed by atoms with E-state index in [4.69, 9.17) is 9.72 Å². The van der Waals surface area contributed by atoms with E-state index in [-0.39, 0.29) is 5.91 Å². The summed E-state index contributed by atoms with van der Waals surface area (Å²) in [5, 5.41) is 3.03. The van der Waals surface area contributed by atoms with Crippen LogP contribution in [0.5, 0.6) is 5.75 Å². The zero-order valence-electron chi connectivity index (χ0n) is 20.3. The zero-order chi connectivity index (χ0) is 23.9. The Kier molecular flexibility index (Phi) is 7.63. The van der Waals surface area contributed by atoms with Gasteiger partial charge >= 0.3 is 0 Å². The summed E-state index contributed by atoms with van der Waals surface area (Å²) in [5.41, 5.74) is 6.38. The van der Waals surface area contributed by atoms with Crippen LogP contribution in [-0.4, -0.2) is 28.6 Å². The Morgan fingerprint density at radius 3 is 2.50 bits per heavy atom. The van der Waals surface area contributed by atoms with Gasteiger partial charge in [0.25, 0.3) is 5.91 Å². The fourth-order valence-corrected chi connectivity index (χ4v) is 4.33. The molecule has 1 aromatic heterocycles. The number of nitrogens with zero attached hydrogens (tertiary/aromatic N) is 2. The molecule has 0 atom stereocenters. The van der Waals surface area contributed by atoms with Gasteiger partial charge in [-0.3, -0.25) is 4.79 Å². The molecule has 3 aromatic carbocycles. The molecule has 0 aliphatic carbocycles. The first-order valence-corrected chi connectivity index (χ1v) is 12.0. The lowest BCUT2D eigenvalue weighted by Crippen LogP contribution is -2.25. The standard InChI is InChI=1S/C29H33N3O2/c1-21-9-6-10-24(18-21)29(33)30-14-7-13-28-31-26-11-4-5-12-27(26)32(28)15-8-16-34-25-19-22(2)17-23(3)20-25/h4-6,9-12,17-20H,7-8,13-16H2,1-3H3,(H,30,33). The molecule has 4 aromatic rings. The number of rotatable bonds is 10. The normalized spacial score (nSPS) is 11.0. The van der Waals surface area contributed by atoms with Crippen LogP contribution >= 0.6 is 0 Å². The number of amides is 1. The lowest BCUT2D eigenvalue weighted by Gasteiger charge is -2.12. The number of para-hydroxylation sites is 2. The number of nitrogens with one attached hydrogen (secondary N) is 1. The topological polar surface area (TPSA) is 56.1 Å². The molecule has 1 N–H and O–H groups in total. The molecular formula is C29H33N3O2. The molecule has 176 valence electrons. The van der Waals surface area contributed by atoms with E-state index < -0.39 is 0 Å². The number of hydrogen-bond donors (Lipinski definition) is 1. The molecular weight excluding hydrogens is 422 g/mol. The molecule has 0 radical (unpaired) electrons. The van der Waals surface area contributed by atoms with Gasteiger partial charge in [-0.25, -0.2) is 4.98 Å². The smallest absolute Gasteiger partial charge is 0.251 e. The van der Waals surface area contributed by atoms with Crippen molar-refractivity contribution in [2.24, 2.45) is 0 Å². The number of carbonyl (C=O) groups is 1. The number of carbonyl (C=O) groups excluding carboxylic acids is 1. The summed E-state index contributed by atoms with van der Waals surface area (Å²) < 4.78 is 8.31. The first-order valence-electron chi connectivity index (χ1n) is 12.0. The average molecular weight is 456 g/mol. The van der Waals surface area contributed by atoms with Crippen molar-refractivity contribution in [3.8, 4) is 5.75 Å². The highest BCUT2D eigenvalue weighted by atomic mass is 16.5. The SMILES string of the molecule is Cc1cc(C)cc(OCCCn2c(CCCNC(=O)c3cccc(C)c3)nc3ccccc32)c1. The zero-order valence-corrected chi connectivity index (χ0v) is 20.3. The summed E-state index contributed by atoms with van der Waals surface area (Å²) in [6.07, 6.45) is 2.53. The average Bonchev–Trinajstić information content (AvgIpc) is 3.16. The number of fused-ring (bicyclic) bond motifs is 1. The number of aromatic nitrogens is 2. The highest BCUT2D eigenvalue weighted by Gasteiger charge is 2.11. The lowest BCUT2D eigenvalue weighted by molar-refractivity contribution is 0.0953. The third-order valence-corrected chi connectivity index (χ3v) is 5.87. The summed E-state index contributed by atoms with van der Waals surface area (Å²) in [4.78, 5) is 17.3. The second-order valence-corrected chi connectivity index (χ2v) is 8.92. The van der Waals surface area contributed by atoms with Crippen molar-refractivity contribution in [1.29, 1.82) is 0 Å². The minimum absolute atomic E-state index is 0.0271. The lowest BCUT2D eigenvalue weighted by atomic mass is 10.1. The maximum absolute atomic E-state index is 12.4. The molecule has 5 nitrogen and oxygen atoms in total. The number of ether oxygens (including phenoxy) is 1. The van der Waals surface area contributed by atoms with Crippen LogP contribution in [0.1, 0.15) is 45.7 Å². The molecule has 0 aliphatic heterocycles. The molecule has 1 heterocycles. The van der Waals surface area contributed by atoms with E-state index >= 15 is 0 Å². The predicted octanol–water partition coefficient (Wildman–Crippen LogP) is 5.79. The van der Waals surface area contributed by atoms with Crippen LogP contribution in [0.2, 0.25) is 0 Å². The van der Waals surface area contributed by atoms with E-state index in [1.54, 1.807) is 0 Å². The van der Waals surface area contributed by atoms with E-state index in [0.29, 0.717) is 18.7 Å². The molecule has 0 unspecified atom stereocenters. The quantitative estimate of drug-likeness (QED) is 0.308. The van der Waals surface area contributed by atoms with Crippen LogP contribution in [0.25, 0.3) is 11.0 Å². The Hall–Kier alpha value is -3.60. The molecule has 34 heavy (non-hydrogen) atoms. The van der Waals surface area contributed by atoms with Crippen molar-refractivity contribution in [1.82, 2.24) is 14.9 Å². The third-order valence-electron chi connectivity index (χ3n) is 5.87. The predicted molar refractivity (Wildman–Crippen MR) is 138 cm³/mol. The second kappa shape index (κ2) is 11.0. The Labute approximate surface area is 201 Å². The van der Waals surface area contributed by atoms with Gasteiger partial charge in [0, 0.05) is 25.1 Å². The van der Waals surface area contributed by atoms with Crippen molar-refractivity contribution in [2.45, 2.75) is 46.6 Å². The van der Waals surface area contributed by atoms with E-state index in [9.17, 15) is 4.79 Å². The van der Waals surface area contributed by atoms with Crippen LogP contribution in [0, 0.1) is 20.8 Å². The maximum atomic E-state index is 12.4. The van der Waals surface area contributed by atoms with Crippen LogP contribution in [0.4, 0.5) is 0 Å². The summed E-state index contributed by atoms with van der Waals surface area (Å²) in [6.45, 7) is 8.29. The molecule has 4 rings (SSSR count). The molecule has 0 fully saturated rings. The van der Waals surface area contributed by atoms with Crippen LogP contribution in [0.3, 0.4) is 0 Å². The highest BCUT2D eigenvalue weighted by molar-refractivity contribution is 5.94. The molecule has 0 bridgehead atoms. The van der Waals surface area contributed by atoms with Gasteiger partial charge in [-0.2, -0.15) is 0 Å². The van der Waals surface area contributed by atoms with Crippen LogP contribution in [-0.2, 0) is 13.0 Å². The monoisotopic (exact) mass is 455 g/mol. The van der Waals surface area contributed by atoms with Crippen molar-refractivity contribution in [2.75, 3.05) is 13.2 Å². The molecule has 1 amide bonds. The number of hydrogen-bond acceptors (Lipinski definition) is 3. The second-order valence-electron chi connectivity index (χ2n) is 8.92. The van der Waals surface area contributed by atoms with Crippen LogP contribution in [0.15, 0.2) is 66.7 Å². The minimum Gasteiger partial charge on any atom is -0.494 e. The summed E-state index contributed by atoms with van der Waals surface area (Å²) in [5.74, 6) is 1.95. The summed E-state index contributed by atoms with van der Waals surface area (Å²) >= 11 is 0. The molecule has 0 spiro atoms. The van der Waals surface area contributed by atoms with Crippen molar-refractivity contribution in [3.63, 3.8) is 0 Å². The van der Waals surface area contributed by atoms with Gasteiger partial charge < -0.3 is 14.6 Å². The summed E-state index contributed by atoms with van der Waals surface area (Å²) in [6, 6.07) is 22.2. The van der Waals surface area contributed by atoms with Crippen molar-refractivity contribution in [3.05, 3.63) is 94.8 Å². The van der Waals surface area contributed by atoms with E-state index in [2.05, 4.69) is 60.1 Å². The van der Waals surface area contributed by atoms with E-state index in [1.807, 2.05) is 37.3 Å². The van der Waals surface area contributed by atoms with Gasteiger partial charge in [0.15, 0.2) is 0 Å². The third kappa shape index (κ3) is 6.04. The maximum Gasteiger partial charge on any atom is 0.251 e. The first kappa shape index (κ1) is 23.6. The molecule has 0 saturated heterocycles. The number of imidazole rings is 1. The van der Waals surface area contributed by atoms with Gasteiger partial charge in [-0.15, -0.1) is 0 Å². The van der Waals surface area contributed by atoms with Gasteiger partial charge in [0.1, 0.15) is 11.6 Å². The van der Waals surface area contributed by atoms with Crippen molar-refractivity contribution >= 4 is 16.9 Å². The van der Waals surface area contributed by atoms with Crippen LogP contribution < -0.4 is 10.1 Å². The molecule has 0 aliphatic rings. The largest absolute Gasteiger partial charge is 0.494 e. The molecule has 5 heteroatoms. The van der Waals surface area contributed by atoms with Gasteiger partial charge in [-0.05, 0) is 81.1 Å². The highest BCUT2D eigenvalue weighted by Crippen LogP contribution is 2.19. The van der Waals surface area contributed by atoms with E-state index in [0.717, 1.165) is 54.0 Å². The van der Waals surface area contributed by atoms with Gasteiger partial charge in [0.2, 0.25) is 0 Å². The van der Waals surface area contributed by atoms with Crippen molar-refractivity contribution < 1.29 is 9.53 Å². The minimum atomic E-state index is -0.0271. The van der Waals surface area contributed by atoms with Gasteiger partial charge in [-0.1, -0.05) is 35.9 Å². The Morgan fingerprint density at radius 2 is 1.71 bits per heavy atom. The van der Waals surface area contributed by atoms with E-state index in [1.165, 1.54) is 11.1 Å². The Balaban J connectivity index is 1.33.